The third kappa shape index (κ3) is 4.02. The zero-order valence-corrected chi connectivity index (χ0v) is 15.2. The molecule has 0 saturated carbocycles. The fourth-order valence-electron chi connectivity index (χ4n) is 2.70. The van der Waals surface area contributed by atoms with Crippen LogP contribution < -0.4 is 24.3 Å². The summed E-state index contributed by atoms with van der Waals surface area (Å²) in [6, 6.07) is 12.7. The molecular formula is C20H23NO5. The topological polar surface area (TPSA) is 66.0 Å². The van der Waals surface area contributed by atoms with Gasteiger partial charge in [0.1, 0.15) is 13.2 Å². The Morgan fingerprint density at radius 1 is 1.04 bits per heavy atom. The van der Waals surface area contributed by atoms with E-state index in [1.54, 1.807) is 26.2 Å². The molecular weight excluding hydrogens is 334 g/mol. The largest absolute Gasteiger partial charge is 0.493 e. The first-order valence-electron chi connectivity index (χ1n) is 8.58. The fourth-order valence-corrected chi connectivity index (χ4v) is 2.70. The van der Waals surface area contributed by atoms with Crippen LogP contribution in [0.2, 0.25) is 0 Å². The molecule has 0 unspecified atom stereocenters. The van der Waals surface area contributed by atoms with Gasteiger partial charge in [-0.2, -0.15) is 0 Å². The van der Waals surface area contributed by atoms with Crippen molar-refractivity contribution >= 4 is 5.91 Å². The van der Waals surface area contributed by atoms with E-state index < -0.39 is 6.10 Å². The first-order valence-corrected chi connectivity index (χ1v) is 8.58. The van der Waals surface area contributed by atoms with Crippen LogP contribution in [0, 0.1) is 0 Å². The number of ether oxygens (including phenoxy) is 4. The summed E-state index contributed by atoms with van der Waals surface area (Å²) in [4.78, 5) is 12.5. The average molecular weight is 357 g/mol. The summed E-state index contributed by atoms with van der Waals surface area (Å²) in [5.74, 6) is 2.34. The van der Waals surface area contributed by atoms with E-state index >= 15 is 0 Å². The molecule has 1 aliphatic heterocycles. The van der Waals surface area contributed by atoms with E-state index in [4.69, 9.17) is 18.9 Å². The maximum absolute atomic E-state index is 12.5. The molecule has 6 nitrogen and oxygen atoms in total. The van der Waals surface area contributed by atoms with Gasteiger partial charge in [-0.25, -0.2) is 0 Å². The highest BCUT2D eigenvalue weighted by Crippen LogP contribution is 2.32. The minimum absolute atomic E-state index is 0.193. The molecule has 1 heterocycles. The smallest absolute Gasteiger partial charge is 0.261 e. The predicted octanol–water partition coefficient (Wildman–Crippen LogP) is 3.11. The highest BCUT2D eigenvalue weighted by atomic mass is 16.6. The molecule has 0 aromatic heterocycles. The fraction of sp³-hybridized carbons (Fsp3) is 0.350. The molecule has 0 radical (unpaired) electrons. The van der Waals surface area contributed by atoms with Gasteiger partial charge in [0.25, 0.3) is 5.91 Å². The van der Waals surface area contributed by atoms with Crippen LogP contribution in [0.15, 0.2) is 42.5 Å². The number of nitrogens with one attached hydrogen (secondary N) is 1. The molecule has 0 saturated heterocycles. The predicted molar refractivity (Wildman–Crippen MR) is 97.1 cm³/mol. The summed E-state index contributed by atoms with van der Waals surface area (Å²) in [6.45, 7) is 4.70. The van der Waals surface area contributed by atoms with Crippen molar-refractivity contribution in [3.63, 3.8) is 0 Å². The second-order valence-corrected chi connectivity index (χ2v) is 6.04. The van der Waals surface area contributed by atoms with Crippen molar-refractivity contribution in [2.45, 2.75) is 26.0 Å². The van der Waals surface area contributed by atoms with Gasteiger partial charge in [-0.3, -0.25) is 4.79 Å². The number of carbonyl (C=O) groups is 1. The van der Waals surface area contributed by atoms with Crippen LogP contribution in [-0.4, -0.2) is 32.3 Å². The third-order valence-corrected chi connectivity index (χ3v) is 4.17. The van der Waals surface area contributed by atoms with Crippen molar-refractivity contribution in [3.8, 4) is 23.0 Å². The number of methoxy groups -OCH3 is 1. The molecule has 1 N–H and O–H groups in total. The van der Waals surface area contributed by atoms with Gasteiger partial charge < -0.3 is 24.3 Å². The Morgan fingerprint density at radius 3 is 2.46 bits per heavy atom. The van der Waals surface area contributed by atoms with Gasteiger partial charge in [0, 0.05) is 0 Å². The SMILES string of the molecule is COc1ccccc1O[C@@H](C)C(=O)N[C@H](C)c1ccc2c(c1)OCCO2. The van der Waals surface area contributed by atoms with Crippen LogP contribution in [-0.2, 0) is 4.79 Å². The van der Waals surface area contributed by atoms with Crippen LogP contribution in [0.4, 0.5) is 0 Å². The second kappa shape index (κ2) is 7.99. The lowest BCUT2D eigenvalue weighted by atomic mass is 10.1. The molecule has 3 rings (SSSR count). The molecule has 2 aromatic carbocycles. The maximum Gasteiger partial charge on any atom is 0.261 e. The quantitative estimate of drug-likeness (QED) is 0.860. The zero-order valence-electron chi connectivity index (χ0n) is 15.2. The Morgan fingerprint density at radius 2 is 1.73 bits per heavy atom. The third-order valence-electron chi connectivity index (χ3n) is 4.17. The van der Waals surface area contributed by atoms with Gasteiger partial charge in [-0.15, -0.1) is 0 Å². The van der Waals surface area contributed by atoms with Crippen molar-refractivity contribution in [2.75, 3.05) is 20.3 Å². The Balaban J connectivity index is 1.63. The number of benzene rings is 2. The molecule has 0 aliphatic carbocycles. The van der Waals surface area contributed by atoms with Crippen LogP contribution in [0.25, 0.3) is 0 Å². The van der Waals surface area contributed by atoms with Gasteiger partial charge in [0.15, 0.2) is 29.1 Å². The van der Waals surface area contributed by atoms with E-state index in [0.29, 0.717) is 30.5 Å². The van der Waals surface area contributed by atoms with E-state index in [1.165, 1.54) is 0 Å². The second-order valence-electron chi connectivity index (χ2n) is 6.04. The van der Waals surface area contributed by atoms with Gasteiger partial charge in [-0.05, 0) is 43.7 Å². The maximum atomic E-state index is 12.5. The summed E-state index contributed by atoms with van der Waals surface area (Å²) in [7, 11) is 1.57. The highest BCUT2D eigenvalue weighted by Gasteiger charge is 2.20. The van der Waals surface area contributed by atoms with E-state index in [9.17, 15) is 4.79 Å². The summed E-state index contributed by atoms with van der Waals surface area (Å²) in [5, 5.41) is 2.96. The van der Waals surface area contributed by atoms with Crippen molar-refractivity contribution < 1.29 is 23.7 Å². The van der Waals surface area contributed by atoms with E-state index in [0.717, 1.165) is 11.3 Å². The summed E-state index contributed by atoms with van der Waals surface area (Å²) >= 11 is 0. The van der Waals surface area contributed by atoms with Gasteiger partial charge in [-0.1, -0.05) is 18.2 Å². The lowest BCUT2D eigenvalue weighted by Gasteiger charge is -2.22. The minimum atomic E-state index is -0.661. The number of rotatable bonds is 6. The number of fused-ring (bicyclic) bond motifs is 1. The number of hydrogen-bond donors (Lipinski definition) is 1. The standard InChI is InChI=1S/C20H23NO5/c1-13(15-8-9-17-19(12-15)25-11-10-24-17)21-20(22)14(2)26-18-7-5-4-6-16(18)23-3/h4-9,12-14H,10-11H2,1-3H3,(H,21,22)/t13-,14+/m1/s1. The molecule has 1 aliphatic rings. The number of hydrogen-bond acceptors (Lipinski definition) is 5. The minimum Gasteiger partial charge on any atom is -0.493 e. The summed E-state index contributed by atoms with van der Waals surface area (Å²) < 4.78 is 22.1. The first-order chi connectivity index (χ1) is 12.6. The van der Waals surface area contributed by atoms with Gasteiger partial charge in [0.2, 0.25) is 0 Å². The number of carbonyl (C=O) groups excluding carboxylic acids is 1. The Hall–Kier alpha value is -2.89. The lowest BCUT2D eigenvalue weighted by Crippen LogP contribution is -2.37. The Labute approximate surface area is 153 Å². The van der Waals surface area contributed by atoms with Crippen LogP contribution >= 0.6 is 0 Å². The zero-order chi connectivity index (χ0) is 18.5. The molecule has 2 aromatic rings. The normalized spacial score (nSPS) is 14.9. The molecule has 1 amide bonds. The Kier molecular flexibility index (Phi) is 5.51. The molecule has 138 valence electrons. The van der Waals surface area contributed by atoms with E-state index in [2.05, 4.69) is 5.32 Å². The van der Waals surface area contributed by atoms with Crippen molar-refractivity contribution in [1.82, 2.24) is 5.32 Å². The van der Waals surface area contributed by atoms with Crippen molar-refractivity contribution in [1.29, 1.82) is 0 Å². The van der Waals surface area contributed by atoms with Crippen LogP contribution in [0.1, 0.15) is 25.5 Å². The summed E-state index contributed by atoms with van der Waals surface area (Å²) in [6.07, 6.45) is -0.661. The molecule has 6 heteroatoms. The van der Waals surface area contributed by atoms with Crippen LogP contribution in [0.3, 0.4) is 0 Å². The average Bonchev–Trinajstić information content (AvgIpc) is 2.67. The molecule has 0 bridgehead atoms. The highest BCUT2D eigenvalue weighted by molar-refractivity contribution is 5.81. The molecule has 0 fully saturated rings. The molecule has 2 atom stereocenters. The number of para-hydroxylation sites is 2. The number of amides is 1. The van der Waals surface area contributed by atoms with Gasteiger partial charge >= 0.3 is 0 Å². The van der Waals surface area contributed by atoms with Crippen molar-refractivity contribution in [3.05, 3.63) is 48.0 Å². The lowest BCUT2D eigenvalue weighted by molar-refractivity contribution is -0.127. The van der Waals surface area contributed by atoms with E-state index in [-0.39, 0.29) is 11.9 Å². The molecule has 0 spiro atoms. The van der Waals surface area contributed by atoms with Gasteiger partial charge in [0.05, 0.1) is 13.2 Å². The monoisotopic (exact) mass is 357 g/mol. The summed E-state index contributed by atoms with van der Waals surface area (Å²) in [5.41, 5.74) is 0.937. The van der Waals surface area contributed by atoms with Crippen molar-refractivity contribution in [2.24, 2.45) is 0 Å². The first kappa shape index (κ1) is 17.9. The molecule has 26 heavy (non-hydrogen) atoms. The van der Waals surface area contributed by atoms with Crippen LogP contribution in [0.5, 0.6) is 23.0 Å². The Bertz CT molecular complexity index is 777. The van der Waals surface area contributed by atoms with E-state index in [1.807, 2.05) is 37.3 Å².